The second kappa shape index (κ2) is 8.09. The van der Waals surface area contributed by atoms with Gasteiger partial charge in [0.2, 0.25) is 0 Å². The molecule has 1 amide bonds. The molecule has 28 heavy (non-hydrogen) atoms. The third-order valence-electron chi connectivity index (χ3n) is 5.33. The van der Waals surface area contributed by atoms with Gasteiger partial charge in [-0.3, -0.25) is 0 Å². The molecule has 1 fully saturated rings. The zero-order valence-electron chi connectivity index (χ0n) is 15.8. The molecule has 0 radical (unpaired) electrons. The molecule has 0 aliphatic carbocycles. The Morgan fingerprint density at radius 1 is 1.29 bits per heavy atom. The molecule has 0 unspecified atom stereocenters. The molecular formula is C20H23Cl2N4O2+. The number of quaternary nitrogens is 1. The summed E-state index contributed by atoms with van der Waals surface area (Å²) in [5, 5.41) is 1.68. The fraction of sp³-hybridized carbons (Fsp3) is 0.300. The Balaban J connectivity index is 0.00000225. The molecule has 0 N–H and O–H groups in total. The van der Waals surface area contributed by atoms with Gasteiger partial charge in [-0.1, -0.05) is 17.7 Å². The molecule has 1 saturated heterocycles. The highest BCUT2D eigenvalue weighted by atomic mass is 35.5. The van der Waals surface area contributed by atoms with E-state index in [1.165, 1.54) is 0 Å². The summed E-state index contributed by atoms with van der Waals surface area (Å²) in [5.41, 5.74) is 2.89. The summed E-state index contributed by atoms with van der Waals surface area (Å²) in [6.07, 6.45) is 4.86. The van der Waals surface area contributed by atoms with Crippen molar-refractivity contribution in [2.24, 2.45) is 7.05 Å². The van der Waals surface area contributed by atoms with Crippen molar-refractivity contribution in [2.75, 3.05) is 38.3 Å². The molecule has 0 atom stereocenters. The summed E-state index contributed by atoms with van der Waals surface area (Å²) >= 11 is 6.16. The van der Waals surface area contributed by atoms with Crippen LogP contribution in [0.2, 0.25) is 5.02 Å². The Morgan fingerprint density at radius 3 is 2.71 bits per heavy atom. The number of hydrogen-bond acceptors (Lipinski definition) is 4. The largest absolute Gasteiger partial charge is 0.370 e. The lowest BCUT2D eigenvalue weighted by Gasteiger charge is -2.35. The quantitative estimate of drug-likeness (QED) is 0.473. The maximum absolute atomic E-state index is 12.1. The van der Waals surface area contributed by atoms with Crippen LogP contribution in [0.1, 0.15) is 0 Å². The van der Waals surface area contributed by atoms with E-state index in [2.05, 4.69) is 4.57 Å². The number of aromatic nitrogens is 2. The van der Waals surface area contributed by atoms with Gasteiger partial charge in [0, 0.05) is 36.4 Å². The number of benzene rings is 1. The number of rotatable bonds is 4. The summed E-state index contributed by atoms with van der Waals surface area (Å²) in [4.78, 5) is 18.9. The number of halogens is 2. The third kappa shape index (κ3) is 3.37. The number of carbonyl (C=O) groups excluding carboxylic acids is 1. The maximum atomic E-state index is 12.1. The summed E-state index contributed by atoms with van der Waals surface area (Å²) in [6, 6.07) is 9.73. The SMILES string of the molecule is CN(c1cccc(Cl)c1)c1ncc([N+]2(C=O)CCOCC2)c2c1ccn2C.Cl. The van der Waals surface area contributed by atoms with Gasteiger partial charge in [0.15, 0.2) is 5.69 Å². The van der Waals surface area contributed by atoms with Crippen molar-refractivity contribution in [3.05, 3.63) is 47.7 Å². The van der Waals surface area contributed by atoms with Crippen LogP contribution >= 0.6 is 24.0 Å². The second-order valence-corrected chi connectivity index (χ2v) is 7.33. The highest BCUT2D eigenvalue weighted by Crippen LogP contribution is 2.38. The summed E-state index contributed by atoms with van der Waals surface area (Å²) in [7, 11) is 3.97. The smallest absolute Gasteiger partial charge is 0.306 e. The van der Waals surface area contributed by atoms with Gasteiger partial charge >= 0.3 is 6.41 Å². The van der Waals surface area contributed by atoms with Gasteiger partial charge in [-0.15, -0.1) is 12.4 Å². The van der Waals surface area contributed by atoms with E-state index in [1.54, 1.807) is 0 Å². The van der Waals surface area contributed by atoms with Crippen molar-refractivity contribution in [3.8, 4) is 0 Å². The van der Waals surface area contributed by atoms with Gasteiger partial charge in [0.25, 0.3) is 0 Å². The summed E-state index contributed by atoms with van der Waals surface area (Å²) in [6.45, 7) is 2.37. The van der Waals surface area contributed by atoms with Gasteiger partial charge in [-0.05, 0) is 24.3 Å². The molecule has 2 aromatic heterocycles. The van der Waals surface area contributed by atoms with Crippen LogP contribution in [0, 0.1) is 0 Å². The topological polar surface area (TPSA) is 47.4 Å². The Bertz CT molecular complexity index is 999. The molecule has 6 nitrogen and oxygen atoms in total. The molecule has 3 heterocycles. The number of morpholine rings is 1. The predicted molar refractivity (Wildman–Crippen MR) is 116 cm³/mol. The molecule has 4 rings (SSSR count). The van der Waals surface area contributed by atoms with Crippen LogP contribution < -0.4 is 9.38 Å². The number of pyridine rings is 1. The molecule has 0 bridgehead atoms. The zero-order chi connectivity index (χ0) is 19.0. The van der Waals surface area contributed by atoms with Crippen LogP contribution in [0.15, 0.2) is 42.7 Å². The van der Waals surface area contributed by atoms with Crippen molar-refractivity contribution in [1.82, 2.24) is 14.0 Å². The first-order chi connectivity index (χ1) is 13.1. The Labute approximate surface area is 175 Å². The minimum absolute atomic E-state index is 0. The average Bonchev–Trinajstić information content (AvgIpc) is 3.09. The van der Waals surface area contributed by atoms with Crippen LogP contribution in [-0.4, -0.2) is 49.3 Å². The van der Waals surface area contributed by atoms with E-state index in [4.69, 9.17) is 21.3 Å². The van der Waals surface area contributed by atoms with Crippen LogP contribution in [0.4, 0.5) is 17.2 Å². The highest BCUT2D eigenvalue weighted by molar-refractivity contribution is 6.30. The van der Waals surface area contributed by atoms with E-state index in [-0.39, 0.29) is 16.9 Å². The molecule has 1 aliphatic heterocycles. The first kappa shape index (κ1) is 20.6. The van der Waals surface area contributed by atoms with Gasteiger partial charge < -0.3 is 14.2 Å². The number of nitrogens with zero attached hydrogens (tertiary/aromatic N) is 4. The predicted octanol–water partition coefficient (Wildman–Crippen LogP) is 3.91. The molecule has 3 aromatic rings. The number of anilines is 2. The first-order valence-electron chi connectivity index (χ1n) is 8.90. The molecular weight excluding hydrogens is 399 g/mol. The number of fused-ring (bicyclic) bond motifs is 1. The monoisotopic (exact) mass is 421 g/mol. The fourth-order valence-electron chi connectivity index (χ4n) is 3.75. The first-order valence-corrected chi connectivity index (χ1v) is 9.28. The highest BCUT2D eigenvalue weighted by Gasteiger charge is 2.36. The maximum Gasteiger partial charge on any atom is 0.306 e. The average molecular weight is 422 g/mol. The van der Waals surface area contributed by atoms with E-state index in [1.807, 2.05) is 61.7 Å². The number of aryl methyl sites for hydroxylation is 1. The standard InChI is InChI=1S/C20H22ClN4O2.ClH/c1-23-7-6-17-19(23)18(25(14-26)8-10-27-11-9-25)13-22-20(17)24(2)16-5-3-4-15(21)12-16;/h3-7,12-14H,8-11H2,1-2H3;1H/q+1;. The third-order valence-corrected chi connectivity index (χ3v) is 5.56. The minimum Gasteiger partial charge on any atom is -0.370 e. The lowest BCUT2D eigenvalue weighted by molar-refractivity contribution is -0.121. The lowest BCUT2D eigenvalue weighted by atomic mass is 10.2. The van der Waals surface area contributed by atoms with Crippen LogP contribution in [-0.2, 0) is 16.6 Å². The van der Waals surface area contributed by atoms with E-state index in [0.29, 0.717) is 31.3 Å². The van der Waals surface area contributed by atoms with Gasteiger partial charge in [-0.25, -0.2) is 14.3 Å². The molecule has 1 aromatic carbocycles. The van der Waals surface area contributed by atoms with Crippen LogP contribution in [0.3, 0.4) is 0 Å². The molecule has 0 saturated carbocycles. The van der Waals surface area contributed by atoms with Gasteiger partial charge in [0.05, 0.1) is 19.4 Å². The van der Waals surface area contributed by atoms with E-state index >= 15 is 0 Å². The van der Waals surface area contributed by atoms with Crippen molar-refractivity contribution >= 4 is 58.5 Å². The zero-order valence-corrected chi connectivity index (χ0v) is 17.4. The molecule has 1 aliphatic rings. The fourth-order valence-corrected chi connectivity index (χ4v) is 3.94. The van der Waals surface area contributed by atoms with Crippen LogP contribution in [0.5, 0.6) is 0 Å². The van der Waals surface area contributed by atoms with Crippen molar-refractivity contribution in [1.29, 1.82) is 0 Å². The number of ether oxygens (including phenoxy) is 1. The number of carbonyl (C=O) groups is 1. The molecule has 148 valence electrons. The van der Waals surface area contributed by atoms with Crippen molar-refractivity contribution in [3.63, 3.8) is 0 Å². The molecule has 0 spiro atoms. The van der Waals surface area contributed by atoms with Gasteiger partial charge in [-0.2, -0.15) is 0 Å². The number of hydrogen-bond donors (Lipinski definition) is 0. The van der Waals surface area contributed by atoms with E-state index in [9.17, 15) is 4.79 Å². The minimum atomic E-state index is 0. The lowest BCUT2D eigenvalue weighted by Crippen LogP contribution is -2.55. The Hall–Kier alpha value is -2.12. The Kier molecular flexibility index (Phi) is 5.95. The van der Waals surface area contributed by atoms with E-state index in [0.717, 1.165) is 34.5 Å². The van der Waals surface area contributed by atoms with Gasteiger partial charge in [0.1, 0.15) is 24.4 Å². The second-order valence-electron chi connectivity index (χ2n) is 6.89. The normalized spacial score (nSPS) is 15.8. The molecule has 8 heteroatoms. The summed E-state index contributed by atoms with van der Waals surface area (Å²) in [5.74, 6) is 0.828. The van der Waals surface area contributed by atoms with Crippen LogP contribution in [0.25, 0.3) is 10.9 Å². The van der Waals surface area contributed by atoms with E-state index < -0.39 is 0 Å². The summed E-state index contributed by atoms with van der Waals surface area (Å²) < 4.78 is 7.78. The Morgan fingerprint density at radius 2 is 2.04 bits per heavy atom. The number of amides is 1. The van der Waals surface area contributed by atoms with Crippen molar-refractivity contribution in [2.45, 2.75) is 0 Å². The van der Waals surface area contributed by atoms with Crippen molar-refractivity contribution < 1.29 is 9.53 Å².